The van der Waals surface area contributed by atoms with Gasteiger partial charge < -0.3 is 0 Å². The Morgan fingerprint density at radius 3 is 2.54 bits per heavy atom. The predicted octanol–water partition coefficient (Wildman–Crippen LogP) is 6.55. The highest BCUT2D eigenvalue weighted by atomic mass is 32.1. The van der Waals surface area contributed by atoms with E-state index in [2.05, 4.69) is 82.7 Å². The minimum Gasteiger partial charge on any atom is -0.294 e. The molecule has 0 amide bonds. The van der Waals surface area contributed by atoms with Crippen LogP contribution in [0.5, 0.6) is 0 Å². The van der Waals surface area contributed by atoms with Crippen LogP contribution >= 0.6 is 11.3 Å². The maximum Gasteiger partial charge on any atom is 0.138 e. The third kappa shape index (κ3) is 1.83. The number of rotatable bonds is 1. The van der Waals surface area contributed by atoms with Crippen LogP contribution in [0.1, 0.15) is 0 Å². The van der Waals surface area contributed by atoms with Crippen LogP contribution in [0.25, 0.3) is 48.6 Å². The Balaban J connectivity index is 1.81. The SMILES string of the molecule is c1ccc2nc(-n3c4ccccc4c4c5sccc5ccc43)ccc2c1. The molecule has 0 fully saturated rings. The molecule has 2 nitrogen and oxygen atoms in total. The van der Waals surface area contributed by atoms with E-state index in [1.165, 1.54) is 31.9 Å². The standard InChI is InChI=1S/C23H14N2S/c1-3-7-18-15(5-1)10-12-21(24-18)25-19-8-4-2-6-17(19)22-20(25)11-9-16-13-14-26-23(16)22/h1-14H. The molecular weight excluding hydrogens is 336 g/mol. The number of hydrogen-bond donors (Lipinski definition) is 0. The molecule has 122 valence electrons. The zero-order valence-electron chi connectivity index (χ0n) is 13.9. The molecule has 0 spiro atoms. The summed E-state index contributed by atoms with van der Waals surface area (Å²) in [6.07, 6.45) is 0. The number of aromatic nitrogens is 2. The second-order valence-electron chi connectivity index (χ2n) is 6.51. The molecule has 3 aromatic carbocycles. The van der Waals surface area contributed by atoms with Crippen molar-refractivity contribution in [1.29, 1.82) is 0 Å². The summed E-state index contributed by atoms with van der Waals surface area (Å²) in [7, 11) is 0. The van der Waals surface area contributed by atoms with Crippen LogP contribution in [0.3, 0.4) is 0 Å². The van der Waals surface area contributed by atoms with Gasteiger partial charge in [0.2, 0.25) is 0 Å². The van der Waals surface area contributed by atoms with Crippen molar-refractivity contribution in [3.8, 4) is 5.82 Å². The average Bonchev–Trinajstić information content (AvgIpc) is 3.29. The number of thiophene rings is 1. The van der Waals surface area contributed by atoms with Crippen LogP contribution in [-0.2, 0) is 0 Å². The van der Waals surface area contributed by atoms with Crippen molar-refractivity contribution >= 4 is 54.1 Å². The van der Waals surface area contributed by atoms with Gasteiger partial charge in [0, 0.05) is 20.9 Å². The van der Waals surface area contributed by atoms with Gasteiger partial charge in [0.05, 0.1) is 16.6 Å². The molecule has 0 aliphatic carbocycles. The van der Waals surface area contributed by atoms with Gasteiger partial charge in [-0.3, -0.25) is 4.57 Å². The summed E-state index contributed by atoms with van der Waals surface area (Å²) in [6, 6.07) is 27.8. The number of fused-ring (bicyclic) bond motifs is 6. The van der Waals surface area contributed by atoms with Crippen LogP contribution in [0.4, 0.5) is 0 Å². The molecule has 0 aliphatic heterocycles. The average molecular weight is 350 g/mol. The van der Waals surface area contributed by atoms with Crippen LogP contribution in [0.2, 0.25) is 0 Å². The third-order valence-corrected chi connectivity index (χ3v) is 6.02. The summed E-state index contributed by atoms with van der Waals surface area (Å²) in [4.78, 5) is 4.95. The van der Waals surface area contributed by atoms with E-state index >= 15 is 0 Å². The summed E-state index contributed by atoms with van der Waals surface area (Å²) in [5.41, 5.74) is 3.43. The Bertz CT molecular complexity index is 1440. The maximum atomic E-state index is 4.95. The largest absolute Gasteiger partial charge is 0.294 e. The van der Waals surface area contributed by atoms with Gasteiger partial charge >= 0.3 is 0 Å². The van der Waals surface area contributed by atoms with Crippen LogP contribution in [0.15, 0.2) is 84.2 Å². The maximum absolute atomic E-state index is 4.95. The monoisotopic (exact) mass is 350 g/mol. The van der Waals surface area contributed by atoms with Gasteiger partial charge in [-0.2, -0.15) is 0 Å². The lowest BCUT2D eigenvalue weighted by Crippen LogP contribution is -1.97. The topological polar surface area (TPSA) is 17.8 Å². The van der Waals surface area contributed by atoms with E-state index in [0.29, 0.717) is 0 Å². The van der Waals surface area contributed by atoms with Crippen molar-refractivity contribution in [3.63, 3.8) is 0 Å². The van der Waals surface area contributed by atoms with Crippen LogP contribution < -0.4 is 0 Å². The van der Waals surface area contributed by atoms with Gasteiger partial charge in [-0.25, -0.2) is 4.98 Å². The zero-order valence-corrected chi connectivity index (χ0v) is 14.7. The van der Waals surface area contributed by atoms with E-state index in [9.17, 15) is 0 Å². The van der Waals surface area contributed by atoms with Gasteiger partial charge in [0.1, 0.15) is 5.82 Å². The zero-order chi connectivity index (χ0) is 17.1. The number of benzene rings is 3. The second-order valence-corrected chi connectivity index (χ2v) is 7.43. The highest BCUT2D eigenvalue weighted by Crippen LogP contribution is 2.38. The number of para-hydroxylation sites is 2. The fourth-order valence-corrected chi connectivity index (χ4v) is 4.86. The van der Waals surface area contributed by atoms with Gasteiger partial charge in [-0.15, -0.1) is 11.3 Å². The Kier molecular flexibility index (Phi) is 2.79. The molecule has 26 heavy (non-hydrogen) atoms. The van der Waals surface area contributed by atoms with Crippen molar-refractivity contribution in [2.24, 2.45) is 0 Å². The fraction of sp³-hybridized carbons (Fsp3) is 0. The van der Waals surface area contributed by atoms with Gasteiger partial charge in [-0.05, 0) is 47.2 Å². The Morgan fingerprint density at radius 1 is 0.692 bits per heavy atom. The molecule has 0 saturated heterocycles. The van der Waals surface area contributed by atoms with E-state index in [0.717, 1.165) is 16.7 Å². The predicted molar refractivity (Wildman–Crippen MR) is 111 cm³/mol. The smallest absolute Gasteiger partial charge is 0.138 e. The molecule has 0 atom stereocenters. The Labute approximate surface area is 153 Å². The molecule has 0 unspecified atom stereocenters. The van der Waals surface area contributed by atoms with Gasteiger partial charge in [0.15, 0.2) is 0 Å². The lowest BCUT2D eigenvalue weighted by atomic mass is 10.1. The van der Waals surface area contributed by atoms with Crippen molar-refractivity contribution < 1.29 is 0 Å². The minimum atomic E-state index is 0.964. The first kappa shape index (κ1) is 14.0. The number of nitrogens with zero attached hydrogens (tertiary/aromatic N) is 2. The minimum absolute atomic E-state index is 0.964. The highest BCUT2D eigenvalue weighted by molar-refractivity contribution is 7.18. The van der Waals surface area contributed by atoms with Crippen LogP contribution in [0, 0.1) is 0 Å². The molecule has 0 N–H and O–H groups in total. The normalized spacial score (nSPS) is 11.8. The quantitative estimate of drug-likeness (QED) is 0.329. The molecule has 3 aromatic heterocycles. The molecule has 0 saturated carbocycles. The van der Waals surface area contributed by atoms with Crippen molar-refractivity contribution in [2.45, 2.75) is 0 Å². The first-order valence-electron chi connectivity index (χ1n) is 8.66. The Hall–Kier alpha value is -3.17. The van der Waals surface area contributed by atoms with E-state index in [4.69, 9.17) is 4.98 Å². The number of pyridine rings is 1. The molecular formula is C23H14N2S. The molecule has 0 radical (unpaired) electrons. The first-order valence-corrected chi connectivity index (χ1v) is 9.54. The van der Waals surface area contributed by atoms with E-state index < -0.39 is 0 Å². The van der Waals surface area contributed by atoms with E-state index in [1.54, 1.807) is 0 Å². The molecule has 3 heterocycles. The number of hydrogen-bond acceptors (Lipinski definition) is 2. The molecule has 3 heteroatoms. The van der Waals surface area contributed by atoms with Crippen molar-refractivity contribution in [2.75, 3.05) is 0 Å². The fourth-order valence-electron chi connectivity index (χ4n) is 3.91. The van der Waals surface area contributed by atoms with Crippen molar-refractivity contribution in [1.82, 2.24) is 9.55 Å². The highest BCUT2D eigenvalue weighted by Gasteiger charge is 2.15. The van der Waals surface area contributed by atoms with Crippen molar-refractivity contribution in [3.05, 3.63) is 84.2 Å². The summed E-state index contributed by atoms with van der Waals surface area (Å²) < 4.78 is 3.63. The summed E-state index contributed by atoms with van der Waals surface area (Å²) >= 11 is 1.81. The van der Waals surface area contributed by atoms with E-state index in [1.807, 2.05) is 17.4 Å². The van der Waals surface area contributed by atoms with Crippen LogP contribution in [-0.4, -0.2) is 9.55 Å². The second kappa shape index (κ2) is 5.16. The molecule has 6 aromatic rings. The Morgan fingerprint density at radius 2 is 1.54 bits per heavy atom. The lowest BCUT2D eigenvalue weighted by molar-refractivity contribution is 1.10. The first-order chi connectivity index (χ1) is 12.9. The van der Waals surface area contributed by atoms with E-state index in [-0.39, 0.29) is 0 Å². The molecule has 6 rings (SSSR count). The van der Waals surface area contributed by atoms with Gasteiger partial charge in [-0.1, -0.05) is 42.5 Å². The molecule has 0 aliphatic rings. The summed E-state index contributed by atoms with van der Waals surface area (Å²) in [5.74, 6) is 0.964. The lowest BCUT2D eigenvalue weighted by Gasteiger charge is -2.08. The van der Waals surface area contributed by atoms with Gasteiger partial charge in [0.25, 0.3) is 0 Å². The summed E-state index contributed by atoms with van der Waals surface area (Å²) in [6.45, 7) is 0. The summed E-state index contributed by atoms with van der Waals surface area (Å²) in [5, 5.41) is 7.24. The third-order valence-electron chi connectivity index (χ3n) is 5.07. The molecule has 0 bridgehead atoms.